The van der Waals surface area contributed by atoms with Gasteiger partial charge in [0.05, 0.1) is 24.3 Å². The lowest BCUT2D eigenvalue weighted by atomic mass is 10.2. The van der Waals surface area contributed by atoms with Crippen LogP contribution in [0.3, 0.4) is 0 Å². The van der Waals surface area contributed by atoms with Crippen molar-refractivity contribution in [2.75, 3.05) is 18.6 Å². The van der Waals surface area contributed by atoms with Crippen LogP contribution in [0.2, 0.25) is 0 Å². The van der Waals surface area contributed by atoms with Crippen molar-refractivity contribution in [2.45, 2.75) is 19.0 Å². The molecule has 138 valence electrons. The average Bonchev–Trinajstić information content (AvgIpc) is 3.27. The van der Waals surface area contributed by atoms with E-state index >= 15 is 0 Å². The monoisotopic (exact) mass is 377 g/mol. The van der Waals surface area contributed by atoms with Crippen LogP contribution in [0, 0.1) is 0 Å². The van der Waals surface area contributed by atoms with E-state index in [2.05, 4.69) is 10.3 Å². The van der Waals surface area contributed by atoms with E-state index in [-0.39, 0.29) is 35.5 Å². The molecule has 26 heavy (non-hydrogen) atoms. The molecule has 1 fully saturated rings. The first-order valence-electron chi connectivity index (χ1n) is 8.11. The van der Waals surface area contributed by atoms with Gasteiger partial charge in [-0.2, -0.15) is 0 Å². The Kier molecular flexibility index (Phi) is 5.08. The van der Waals surface area contributed by atoms with Gasteiger partial charge in [0, 0.05) is 13.1 Å². The summed E-state index contributed by atoms with van der Waals surface area (Å²) >= 11 is 0. The lowest BCUT2D eigenvalue weighted by molar-refractivity contribution is 0.0741. The highest BCUT2D eigenvalue weighted by molar-refractivity contribution is 7.91. The van der Waals surface area contributed by atoms with Crippen molar-refractivity contribution in [3.05, 3.63) is 53.7 Å². The molecular formula is C17H19N3O5S. The Hall–Kier alpha value is -2.68. The second-order valence-corrected chi connectivity index (χ2v) is 8.37. The molecule has 0 bridgehead atoms. The van der Waals surface area contributed by atoms with Crippen molar-refractivity contribution < 1.29 is 22.4 Å². The van der Waals surface area contributed by atoms with Crippen LogP contribution in [0.15, 0.2) is 41.0 Å². The van der Waals surface area contributed by atoms with Gasteiger partial charge in [0.15, 0.2) is 9.84 Å². The number of nitrogens with zero attached hydrogens (tertiary/aromatic N) is 2. The van der Waals surface area contributed by atoms with Gasteiger partial charge in [0.25, 0.3) is 11.8 Å². The summed E-state index contributed by atoms with van der Waals surface area (Å²) in [5.74, 6) is -0.195. The van der Waals surface area contributed by atoms with Crippen molar-refractivity contribution in [1.29, 1.82) is 0 Å². The maximum atomic E-state index is 12.6. The van der Waals surface area contributed by atoms with Crippen molar-refractivity contribution in [3.8, 4) is 0 Å². The van der Waals surface area contributed by atoms with E-state index in [1.54, 1.807) is 25.2 Å². The number of amides is 2. The van der Waals surface area contributed by atoms with Crippen LogP contribution in [0.1, 0.15) is 33.2 Å². The highest BCUT2D eigenvalue weighted by Gasteiger charge is 2.33. The summed E-state index contributed by atoms with van der Waals surface area (Å²) in [4.78, 5) is 30.3. The maximum absolute atomic E-state index is 12.6. The van der Waals surface area contributed by atoms with Crippen LogP contribution in [-0.4, -0.2) is 54.7 Å². The number of carbonyl (C=O) groups is 2. The van der Waals surface area contributed by atoms with Gasteiger partial charge in [-0.05, 0) is 30.7 Å². The highest BCUT2D eigenvalue weighted by Crippen LogP contribution is 2.18. The van der Waals surface area contributed by atoms with Crippen LogP contribution in [0.5, 0.6) is 0 Å². The Morgan fingerprint density at radius 1 is 1.27 bits per heavy atom. The molecular weight excluding hydrogens is 358 g/mol. The summed E-state index contributed by atoms with van der Waals surface area (Å²) in [6.45, 7) is 0.214. The SMILES string of the molecule is CN(C(=O)c1cccc(C(=O)NCc2ccco2)n1)C1CCS(=O)(=O)C1. The molecule has 9 heteroatoms. The fraction of sp³-hybridized carbons (Fsp3) is 0.353. The number of furan rings is 1. The second-order valence-electron chi connectivity index (χ2n) is 6.14. The summed E-state index contributed by atoms with van der Waals surface area (Å²) in [7, 11) is -1.54. The molecule has 2 amide bonds. The predicted octanol–water partition coefficient (Wildman–Crippen LogP) is 0.864. The largest absolute Gasteiger partial charge is 0.467 e. The number of nitrogens with one attached hydrogen (secondary N) is 1. The van der Waals surface area contributed by atoms with Gasteiger partial charge in [0.2, 0.25) is 0 Å². The van der Waals surface area contributed by atoms with Crippen molar-refractivity contribution in [2.24, 2.45) is 0 Å². The minimum atomic E-state index is -3.09. The Labute approximate surface area is 151 Å². The molecule has 3 heterocycles. The molecule has 1 atom stereocenters. The van der Waals surface area contributed by atoms with Crippen LogP contribution < -0.4 is 5.32 Å². The van der Waals surface area contributed by atoms with Crippen molar-refractivity contribution in [1.82, 2.24) is 15.2 Å². The standard InChI is InChI=1S/C17H19N3O5S/c1-20(12-7-9-26(23,24)11-12)17(22)15-6-2-5-14(19-15)16(21)18-10-13-4-3-8-25-13/h2-6,8,12H,7,9-11H2,1H3,(H,18,21). The van der Waals surface area contributed by atoms with Crippen LogP contribution in [0.25, 0.3) is 0 Å². The molecule has 0 spiro atoms. The molecule has 2 aromatic rings. The minimum absolute atomic E-state index is 0.0431. The van der Waals surface area contributed by atoms with Crippen LogP contribution >= 0.6 is 0 Å². The summed E-state index contributed by atoms with van der Waals surface area (Å²) in [6, 6.07) is 7.67. The number of rotatable bonds is 5. The van der Waals surface area contributed by atoms with E-state index in [0.717, 1.165) is 0 Å². The number of sulfone groups is 1. The minimum Gasteiger partial charge on any atom is -0.467 e. The molecule has 0 saturated carbocycles. The number of pyridine rings is 1. The molecule has 0 aromatic carbocycles. The molecule has 0 aliphatic carbocycles. The molecule has 1 N–H and O–H groups in total. The first kappa shape index (κ1) is 18.1. The first-order valence-corrected chi connectivity index (χ1v) is 9.93. The van der Waals surface area contributed by atoms with E-state index in [9.17, 15) is 18.0 Å². The molecule has 1 aliphatic heterocycles. The topological polar surface area (TPSA) is 110 Å². The highest BCUT2D eigenvalue weighted by atomic mass is 32.2. The Morgan fingerprint density at radius 2 is 2.04 bits per heavy atom. The molecule has 1 aliphatic rings. The van der Waals surface area contributed by atoms with E-state index in [0.29, 0.717) is 12.2 Å². The van der Waals surface area contributed by atoms with Gasteiger partial charge in [0.1, 0.15) is 17.1 Å². The molecule has 1 saturated heterocycles. The number of aromatic nitrogens is 1. The van der Waals surface area contributed by atoms with Gasteiger partial charge >= 0.3 is 0 Å². The fourth-order valence-electron chi connectivity index (χ4n) is 2.78. The van der Waals surface area contributed by atoms with Crippen LogP contribution in [-0.2, 0) is 16.4 Å². The van der Waals surface area contributed by atoms with E-state index < -0.39 is 21.7 Å². The van der Waals surface area contributed by atoms with E-state index in [4.69, 9.17) is 4.42 Å². The molecule has 0 radical (unpaired) electrons. The zero-order valence-corrected chi connectivity index (χ0v) is 15.0. The van der Waals surface area contributed by atoms with Gasteiger partial charge in [-0.25, -0.2) is 13.4 Å². The maximum Gasteiger partial charge on any atom is 0.272 e. The second kappa shape index (κ2) is 7.28. The van der Waals surface area contributed by atoms with E-state index in [1.807, 2.05) is 0 Å². The third kappa shape index (κ3) is 4.10. The molecule has 2 aromatic heterocycles. The number of hydrogen-bond acceptors (Lipinski definition) is 6. The zero-order valence-electron chi connectivity index (χ0n) is 14.2. The lowest BCUT2D eigenvalue weighted by Crippen LogP contribution is -2.38. The summed E-state index contributed by atoms with van der Waals surface area (Å²) in [5.41, 5.74) is 0.206. The normalized spacial score (nSPS) is 18.4. The first-order chi connectivity index (χ1) is 12.4. The van der Waals surface area contributed by atoms with Gasteiger partial charge < -0.3 is 14.6 Å². The number of hydrogen-bond donors (Lipinski definition) is 1. The fourth-order valence-corrected chi connectivity index (χ4v) is 4.55. The van der Waals surface area contributed by atoms with Gasteiger partial charge in [-0.1, -0.05) is 6.07 Å². The molecule has 8 nitrogen and oxygen atoms in total. The predicted molar refractivity (Wildman–Crippen MR) is 93.3 cm³/mol. The van der Waals surface area contributed by atoms with Gasteiger partial charge in [-0.15, -0.1) is 0 Å². The van der Waals surface area contributed by atoms with Gasteiger partial charge in [-0.3, -0.25) is 9.59 Å². The molecule has 1 unspecified atom stereocenters. The Balaban J connectivity index is 1.68. The van der Waals surface area contributed by atoms with Crippen molar-refractivity contribution >= 4 is 21.7 Å². The summed E-state index contributed by atoms with van der Waals surface area (Å²) in [6.07, 6.45) is 1.92. The van der Waals surface area contributed by atoms with E-state index in [1.165, 1.54) is 23.3 Å². The molecule has 3 rings (SSSR count). The third-order valence-electron chi connectivity index (χ3n) is 4.28. The van der Waals surface area contributed by atoms with Crippen LogP contribution in [0.4, 0.5) is 0 Å². The lowest BCUT2D eigenvalue weighted by Gasteiger charge is -2.23. The number of carbonyl (C=O) groups excluding carboxylic acids is 2. The quantitative estimate of drug-likeness (QED) is 0.828. The zero-order chi connectivity index (χ0) is 18.7. The Bertz CT molecular complexity index is 908. The average molecular weight is 377 g/mol. The Morgan fingerprint density at radius 3 is 2.69 bits per heavy atom. The smallest absolute Gasteiger partial charge is 0.272 e. The van der Waals surface area contributed by atoms with Crippen molar-refractivity contribution in [3.63, 3.8) is 0 Å². The summed E-state index contributed by atoms with van der Waals surface area (Å²) in [5, 5.41) is 2.66. The third-order valence-corrected chi connectivity index (χ3v) is 6.03. The summed E-state index contributed by atoms with van der Waals surface area (Å²) < 4.78 is 28.3.